The Bertz CT molecular complexity index is 2260. The minimum Gasteiger partial charge on any atom is -0.478 e. The molecular formula is C39H44N6O6S. The maximum absolute atomic E-state index is 13.5. The number of rotatable bonds is 13. The van der Waals surface area contributed by atoms with Gasteiger partial charge >= 0.3 is 5.97 Å². The standard InChI is InChI=1S/C39H44N6O6S/c1-23-9-7-10-24(2)33(23)29-15-32(44-36(43-29)45-52(48,49)28-12-8-11-25(13-28)35(46)47)50-19-26(16-39-20-38(6,21-39)22-39)40-17-27-18-41-34-30(42-27)14-31(51-34)37(3,4)5/h7-15,18,26,40H,16-17,19-22H2,1-6H3,(H,46,47)(H,43,44,45)/t26-,38?,39?/m1/s1. The highest BCUT2D eigenvalue weighted by Gasteiger charge is 2.64. The molecule has 3 aromatic heterocycles. The normalized spacial score (nSPS) is 20.2. The second kappa shape index (κ2) is 13.0. The molecule has 0 radical (unpaired) electrons. The summed E-state index contributed by atoms with van der Waals surface area (Å²) in [6.45, 7) is 13.3. The molecule has 3 N–H and O–H groups in total. The third kappa shape index (κ3) is 7.24. The van der Waals surface area contributed by atoms with Crippen molar-refractivity contribution in [2.45, 2.75) is 90.1 Å². The van der Waals surface area contributed by atoms with E-state index in [4.69, 9.17) is 14.1 Å². The average Bonchev–Trinajstić information content (AvgIpc) is 3.49. The lowest BCUT2D eigenvalue weighted by Crippen LogP contribution is -2.62. The smallest absolute Gasteiger partial charge is 0.335 e. The molecule has 12 nitrogen and oxygen atoms in total. The number of carboxylic acid groups (broad SMARTS) is 1. The summed E-state index contributed by atoms with van der Waals surface area (Å²) >= 11 is 0. The number of furan rings is 1. The lowest BCUT2D eigenvalue weighted by atomic mass is 9.35. The van der Waals surface area contributed by atoms with Gasteiger partial charge in [-0.3, -0.25) is 0 Å². The summed E-state index contributed by atoms with van der Waals surface area (Å²) in [6, 6.07) is 14.6. The van der Waals surface area contributed by atoms with Crippen molar-refractivity contribution in [3.8, 4) is 17.1 Å². The number of hydrogen-bond donors (Lipinski definition) is 3. The second-order valence-corrected chi connectivity index (χ2v) is 17.6. The molecule has 0 aliphatic heterocycles. The lowest BCUT2D eigenvalue weighted by Gasteiger charge is -2.70. The van der Waals surface area contributed by atoms with Crippen LogP contribution in [0.3, 0.4) is 0 Å². The number of anilines is 1. The molecule has 0 unspecified atom stereocenters. The number of hydrogen-bond acceptors (Lipinski definition) is 10. The van der Waals surface area contributed by atoms with Gasteiger partial charge in [0.25, 0.3) is 10.0 Å². The molecule has 3 aliphatic rings. The Balaban J connectivity index is 1.15. The largest absolute Gasteiger partial charge is 0.478 e. The molecule has 8 rings (SSSR count). The van der Waals surface area contributed by atoms with Crippen LogP contribution in [-0.4, -0.2) is 52.1 Å². The van der Waals surface area contributed by atoms with Crippen LogP contribution in [0.1, 0.15) is 86.3 Å². The number of aromatic carboxylic acids is 1. The van der Waals surface area contributed by atoms with Crippen molar-refractivity contribution in [2.24, 2.45) is 10.8 Å². The number of carbonyl (C=O) groups is 1. The summed E-state index contributed by atoms with van der Waals surface area (Å²) in [5.41, 5.74) is 5.65. The maximum Gasteiger partial charge on any atom is 0.335 e. The number of carboxylic acids is 1. The van der Waals surface area contributed by atoms with Crippen molar-refractivity contribution in [1.82, 2.24) is 25.3 Å². The van der Waals surface area contributed by atoms with Gasteiger partial charge in [0.05, 0.1) is 28.0 Å². The van der Waals surface area contributed by atoms with E-state index < -0.39 is 16.0 Å². The van der Waals surface area contributed by atoms with Crippen molar-refractivity contribution >= 4 is 33.2 Å². The molecule has 0 saturated heterocycles. The van der Waals surface area contributed by atoms with Gasteiger partial charge in [-0.2, -0.15) is 4.98 Å². The van der Waals surface area contributed by atoms with Crippen LogP contribution < -0.4 is 14.8 Å². The minimum absolute atomic E-state index is 0.0608. The Morgan fingerprint density at radius 2 is 1.73 bits per heavy atom. The van der Waals surface area contributed by atoms with Gasteiger partial charge < -0.3 is 19.6 Å². The third-order valence-corrected chi connectivity index (χ3v) is 11.5. The SMILES string of the molecule is Cc1cccc(C)c1-c1cc(OC[C@@H](CC23CC(C)(C2)C3)NCc2cnc3oc(C(C)(C)C)cc3n2)nc(NS(=O)(=O)c2cccc(C(=O)O)c2)n1. The van der Waals surface area contributed by atoms with Gasteiger partial charge in [-0.15, -0.1) is 0 Å². The highest BCUT2D eigenvalue weighted by molar-refractivity contribution is 7.92. The molecule has 2 aromatic carbocycles. The molecule has 52 heavy (non-hydrogen) atoms. The van der Waals surface area contributed by atoms with E-state index in [1.165, 1.54) is 37.5 Å². The topological polar surface area (TPSA) is 169 Å². The highest BCUT2D eigenvalue weighted by atomic mass is 32.2. The number of ether oxygens (including phenoxy) is 1. The molecule has 13 heteroatoms. The van der Waals surface area contributed by atoms with Crippen molar-refractivity contribution in [3.63, 3.8) is 0 Å². The van der Waals surface area contributed by atoms with Crippen LogP contribution in [0.15, 0.2) is 70.1 Å². The van der Waals surface area contributed by atoms with Gasteiger partial charge in [0.2, 0.25) is 17.5 Å². The first-order valence-electron chi connectivity index (χ1n) is 17.4. The summed E-state index contributed by atoms with van der Waals surface area (Å²) < 4.78 is 41.7. The van der Waals surface area contributed by atoms with Gasteiger partial charge in [0.1, 0.15) is 17.9 Å². The minimum atomic E-state index is -4.24. The zero-order valence-electron chi connectivity index (χ0n) is 30.3. The zero-order valence-corrected chi connectivity index (χ0v) is 31.1. The summed E-state index contributed by atoms with van der Waals surface area (Å²) in [5, 5.41) is 13.1. The Hall–Kier alpha value is -4.88. The first kappa shape index (κ1) is 35.5. The third-order valence-electron chi connectivity index (χ3n) is 10.2. The molecule has 272 valence electrons. The molecule has 0 amide bonds. The van der Waals surface area contributed by atoms with Crippen LogP contribution in [0.25, 0.3) is 22.5 Å². The molecule has 5 aromatic rings. The quantitative estimate of drug-likeness (QED) is 0.112. The lowest BCUT2D eigenvalue weighted by molar-refractivity contribution is -0.199. The van der Waals surface area contributed by atoms with E-state index in [2.05, 4.69) is 52.7 Å². The molecule has 3 aliphatic carbocycles. The van der Waals surface area contributed by atoms with Crippen molar-refractivity contribution < 1.29 is 27.5 Å². The predicted molar refractivity (Wildman–Crippen MR) is 197 cm³/mol. The fourth-order valence-corrected chi connectivity index (χ4v) is 9.10. The van der Waals surface area contributed by atoms with Crippen LogP contribution in [0.5, 0.6) is 5.88 Å². The first-order chi connectivity index (χ1) is 24.5. The van der Waals surface area contributed by atoms with Gasteiger partial charge in [-0.1, -0.05) is 52.0 Å². The Morgan fingerprint density at radius 1 is 1.02 bits per heavy atom. The van der Waals surface area contributed by atoms with E-state index in [1.54, 1.807) is 12.3 Å². The van der Waals surface area contributed by atoms with Crippen molar-refractivity contribution in [3.05, 3.63) is 88.9 Å². The van der Waals surface area contributed by atoms with Crippen LogP contribution in [0, 0.1) is 24.7 Å². The van der Waals surface area contributed by atoms with Crippen molar-refractivity contribution in [1.29, 1.82) is 0 Å². The number of nitrogens with one attached hydrogen (secondary N) is 2. The highest BCUT2D eigenvalue weighted by Crippen LogP contribution is 2.74. The zero-order chi connectivity index (χ0) is 37.1. The monoisotopic (exact) mass is 724 g/mol. The molecular weight excluding hydrogens is 681 g/mol. The van der Waals surface area contributed by atoms with E-state index in [0.717, 1.165) is 40.6 Å². The van der Waals surface area contributed by atoms with E-state index in [9.17, 15) is 18.3 Å². The Labute approximate surface area is 303 Å². The molecule has 0 spiro atoms. The van der Waals surface area contributed by atoms with Crippen LogP contribution >= 0.6 is 0 Å². The number of aryl methyl sites for hydroxylation is 2. The summed E-state index contributed by atoms with van der Waals surface area (Å²) in [7, 11) is -4.24. The first-order valence-corrected chi connectivity index (χ1v) is 18.9. The van der Waals surface area contributed by atoms with E-state index >= 15 is 0 Å². The average molecular weight is 725 g/mol. The number of aromatic nitrogens is 4. The van der Waals surface area contributed by atoms with Gasteiger partial charge in [0.15, 0.2) is 0 Å². The molecule has 3 fully saturated rings. The number of nitrogens with zero attached hydrogens (tertiary/aromatic N) is 4. The fourth-order valence-electron chi connectivity index (χ4n) is 8.11. The summed E-state index contributed by atoms with van der Waals surface area (Å²) in [5.74, 6) is -0.390. The summed E-state index contributed by atoms with van der Waals surface area (Å²) in [4.78, 5) is 29.8. The fraction of sp³-hybridized carbons (Fsp3) is 0.410. The number of fused-ring (bicyclic) bond motifs is 1. The second-order valence-electron chi connectivity index (χ2n) is 16.0. The van der Waals surface area contributed by atoms with Crippen LogP contribution in [0.2, 0.25) is 0 Å². The van der Waals surface area contributed by atoms with Gasteiger partial charge in [0, 0.05) is 35.7 Å². The predicted octanol–water partition coefficient (Wildman–Crippen LogP) is 7.21. The van der Waals surface area contributed by atoms with Gasteiger partial charge in [-0.25, -0.2) is 32.9 Å². The van der Waals surface area contributed by atoms with Crippen LogP contribution in [-0.2, 0) is 22.0 Å². The van der Waals surface area contributed by atoms with E-state index in [1.807, 2.05) is 38.1 Å². The van der Waals surface area contributed by atoms with E-state index in [0.29, 0.717) is 28.9 Å². The Kier molecular flexibility index (Phi) is 8.85. The van der Waals surface area contributed by atoms with Gasteiger partial charge in [-0.05, 0) is 79.7 Å². The number of sulfonamides is 1. The number of benzene rings is 2. The maximum atomic E-state index is 13.5. The van der Waals surface area contributed by atoms with Crippen molar-refractivity contribution in [2.75, 3.05) is 11.3 Å². The van der Waals surface area contributed by atoms with E-state index in [-0.39, 0.29) is 45.8 Å². The molecule has 3 saturated carbocycles. The Morgan fingerprint density at radius 3 is 2.40 bits per heavy atom. The molecule has 3 heterocycles. The molecule has 2 bridgehead atoms. The summed E-state index contributed by atoms with van der Waals surface area (Å²) in [6.07, 6.45) is 6.21. The van der Waals surface area contributed by atoms with Crippen LogP contribution in [0.4, 0.5) is 5.95 Å². The molecule has 1 atom stereocenters.